The number of rotatable bonds is 5. The van der Waals surface area contributed by atoms with Crippen LogP contribution in [0.2, 0.25) is 0 Å². The second-order valence-electron chi connectivity index (χ2n) is 6.33. The zero-order valence-electron chi connectivity index (χ0n) is 15.3. The van der Waals surface area contributed by atoms with Crippen LogP contribution in [-0.2, 0) is 11.3 Å². The molecule has 1 aliphatic rings. The van der Waals surface area contributed by atoms with Gasteiger partial charge < -0.3 is 19.3 Å². The lowest BCUT2D eigenvalue weighted by Crippen LogP contribution is -2.38. The topological polar surface area (TPSA) is 54.9 Å². The number of morpholine rings is 1. The molecule has 0 atom stereocenters. The van der Waals surface area contributed by atoms with E-state index in [9.17, 15) is 18.0 Å². The third-order valence-corrected chi connectivity index (χ3v) is 4.25. The van der Waals surface area contributed by atoms with Crippen molar-refractivity contribution in [3.63, 3.8) is 0 Å². The fourth-order valence-corrected chi connectivity index (χ4v) is 2.94. The van der Waals surface area contributed by atoms with Crippen molar-refractivity contribution in [3.8, 4) is 5.75 Å². The van der Waals surface area contributed by atoms with Crippen molar-refractivity contribution in [1.29, 1.82) is 0 Å². The van der Waals surface area contributed by atoms with Gasteiger partial charge >= 0.3 is 6.36 Å². The summed E-state index contributed by atoms with van der Waals surface area (Å²) in [5.74, 6) is 0.0916. The average Bonchev–Trinajstić information content (AvgIpc) is 2.68. The smallest absolute Gasteiger partial charge is 0.406 e. The van der Waals surface area contributed by atoms with Gasteiger partial charge in [-0.15, -0.1) is 13.2 Å². The third kappa shape index (κ3) is 5.13. The molecule has 1 fully saturated rings. The molecule has 1 saturated heterocycles. The number of carbonyl (C=O) groups excluding carboxylic acids is 1. The first kappa shape index (κ1) is 19.9. The molecule has 1 amide bonds. The molecule has 2 aromatic rings. The van der Waals surface area contributed by atoms with Crippen LogP contribution in [0.1, 0.15) is 15.9 Å². The standard InChI is InChI=1S/C19H20F3N3O3/c1-24(13-14-4-6-15(7-5-14)28-19(20,21)22)18(26)16-3-2-8-23-17(16)25-9-11-27-12-10-25/h2-8H,9-13H2,1H3. The molecule has 0 unspecified atom stereocenters. The van der Waals surface area contributed by atoms with Gasteiger partial charge in [0.25, 0.3) is 5.91 Å². The van der Waals surface area contributed by atoms with Crippen LogP contribution >= 0.6 is 0 Å². The molecule has 9 heteroatoms. The highest BCUT2D eigenvalue weighted by Crippen LogP contribution is 2.24. The quantitative estimate of drug-likeness (QED) is 0.779. The predicted molar refractivity (Wildman–Crippen MR) is 96.2 cm³/mol. The number of benzene rings is 1. The highest BCUT2D eigenvalue weighted by atomic mass is 19.4. The van der Waals surface area contributed by atoms with Crippen LogP contribution in [0, 0.1) is 0 Å². The molecule has 1 aromatic heterocycles. The number of ether oxygens (including phenoxy) is 2. The van der Waals surface area contributed by atoms with Crippen LogP contribution in [0.4, 0.5) is 19.0 Å². The van der Waals surface area contributed by atoms with Crippen LogP contribution in [0.15, 0.2) is 42.6 Å². The Morgan fingerprint density at radius 2 is 1.89 bits per heavy atom. The minimum atomic E-state index is -4.73. The number of nitrogens with zero attached hydrogens (tertiary/aromatic N) is 3. The second-order valence-corrected chi connectivity index (χ2v) is 6.33. The summed E-state index contributed by atoms with van der Waals surface area (Å²) in [4.78, 5) is 20.8. The first-order valence-electron chi connectivity index (χ1n) is 8.71. The van der Waals surface area contributed by atoms with Crippen molar-refractivity contribution in [2.75, 3.05) is 38.3 Å². The lowest BCUT2D eigenvalue weighted by molar-refractivity contribution is -0.274. The van der Waals surface area contributed by atoms with Gasteiger partial charge in [-0.2, -0.15) is 0 Å². The summed E-state index contributed by atoms with van der Waals surface area (Å²) in [5.41, 5.74) is 1.16. The van der Waals surface area contributed by atoms with Crippen molar-refractivity contribution in [2.45, 2.75) is 12.9 Å². The number of amides is 1. The van der Waals surface area contributed by atoms with Crippen LogP contribution in [0.25, 0.3) is 0 Å². The molecule has 3 rings (SSSR count). The molecule has 150 valence electrons. The number of hydrogen-bond acceptors (Lipinski definition) is 5. The largest absolute Gasteiger partial charge is 0.573 e. The van der Waals surface area contributed by atoms with Gasteiger partial charge in [-0.25, -0.2) is 4.98 Å². The minimum absolute atomic E-state index is 0.217. The van der Waals surface area contributed by atoms with E-state index in [0.717, 1.165) is 0 Å². The molecular weight excluding hydrogens is 375 g/mol. The monoisotopic (exact) mass is 395 g/mol. The highest BCUT2D eigenvalue weighted by molar-refractivity contribution is 5.98. The molecule has 2 heterocycles. The van der Waals surface area contributed by atoms with E-state index in [1.807, 2.05) is 4.90 Å². The number of pyridine rings is 1. The normalized spacial score (nSPS) is 14.6. The first-order chi connectivity index (χ1) is 13.3. The SMILES string of the molecule is CN(Cc1ccc(OC(F)(F)F)cc1)C(=O)c1cccnc1N1CCOCC1. The fraction of sp³-hybridized carbons (Fsp3) is 0.368. The molecule has 0 radical (unpaired) electrons. The zero-order valence-corrected chi connectivity index (χ0v) is 15.3. The molecule has 0 spiro atoms. The van der Waals surface area contributed by atoms with E-state index in [1.54, 1.807) is 25.4 Å². The van der Waals surface area contributed by atoms with E-state index in [2.05, 4.69) is 9.72 Å². The number of carbonyl (C=O) groups is 1. The Labute approximate surface area is 160 Å². The molecule has 0 bridgehead atoms. The van der Waals surface area contributed by atoms with Crippen molar-refractivity contribution in [1.82, 2.24) is 9.88 Å². The van der Waals surface area contributed by atoms with Crippen LogP contribution in [-0.4, -0.2) is 55.5 Å². The van der Waals surface area contributed by atoms with E-state index in [1.165, 1.54) is 29.2 Å². The van der Waals surface area contributed by atoms with Gasteiger partial charge in [-0.05, 0) is 29.8 Å². The fourth-order valence-electron chi connectivity index (χ4n) is 2.94. The molecule has 1 aliphatic heterocycles. The van der Waals surface area contributed by atoms with Gasteiger partial charge in [0.15, 0.2) is 0 Å². The van der Waals surface area contributed by atoms with Gasteiger partial charge in [0.1, 0.15) is 11.6 Å². The summed E-state index contributed by atoms with van der Waals surface area (Å²) < 4.78 is 45.9. The van der Waals surface area contributed by atoms with Crippen LogP contribution in [0.5, 0.6) is 5.75 Å². The van der Waals surface area contributed by atoms with Gasteiger partial charge in [-0.1, -0.05) is 12.1 Å². The summed E-state index contributed by atoms with van der Waals surface area (Å²) in [6.45, 7) is 2.70. The van der Waals surface area contributed by atoms with E-state index >= 15 is 0 Å². The Bertz CT molecular complexity index is 806. The lowest BCUT2D eigenvalue weighted by atomic mass is 10.1. The summed E-state index contributed by atoms with van der Waals surface area (Å²) >= 11 is 0. The number of anilines is 1. The van der Waals surface area contributed by atoms with E-state index < -0.39 is 6.36 Å². The molecule has 28 heavy (non-hydrogen) atoms. The van der Waals surface area contributed by atoms with Gasteiger partial charge in [-0.3, -0.25) is 4.79 Å². The van der Waals surface area contributed by atoms with Crippen molar-refractivity contribution < 1.29 is 27.4 Å². The lowest BCUT2D eigenvalue weighted by Gasteiger charge is -2.30. The number of aromatic nitrogens is 1. The van der Waals surface area contributed by atoms with Crippen molar-refractivity contribution in [2.24, 2.45) is 0 Å². The van der Waals surface area contributed by atoms with E-state index in [0.29, 0.717) is 43.2 Å². The Morgan fingerprint density at radius 1 is 1.21 bits per heavy atom. The van der Waals surface area contributed by atoms with Gasteiger partial charge in [0, 0.05) is 32.9 Å². The summed E-state index contributed by atoms with van der Waals surface area (Å²) in [6, 6.07) is 8.87. The maximum Gasteiger partial charge on any atom is 0.573 e. The predicted octanol–water partition coefficient (Wildman–Crippen LogP) is 3.09. The second kappa shape index (κ2) is 8.47. The Hall–Kier alpha value is -2.81. The molecule has 0 aliphatic carbocycles. The number of halogens is 3. The first-order valence-corrected chi connectivity index (χ1v) is 8.71. The van der Waals surface area contributed by atoms with Gasteiger partial charge in [0.05, 0.1) is 18.8 Å². The Balaban J connectivity index is 1.69. The summed E-state index contributed by atoms with van der Waals surface area (Å²) in [7, 11) is 1.64. The van der Waals surface area contributed by atoms with E-state index in [-0.39, 0.29) is 18.2 Å². The van der Waals surface area contributed by atoms with Crippen molar-refractivity contribution in [3.05, 3.63) is 53.7 Å². The van der Waals surface area contributed by atoms with Crippen LogP contribution in [0.3, 0.4) is 0 Å². The maximum absolute atomic E-state index is 12.9. The van der Waals surface area contributed by atoms with Crippen LogP contribution < -0.4 is 9.64 Å². The molecule has 0 saturated carbocycles. The molecular formula is C19H20F3N3O3. The van der Waals surface area contributed by atoms with E-state index in [4.69, 9.17) is 4.74 Å². The highest BCUT2D eigenvalue weighted by Gasteiger charge is 2.31. The summed E-state index contributed by atoms with van der Waals surface area (Å²) in [6.07, 6.45) is -3.09. The van der Waals surface area contributed by atoms with Gasteiger partial charge in [0.2, 0.25) is 0 Å². The average molecular weight is 395 g/mol. The van der Waals surface area contributed by atoms with Crippen molar-refractivity contribution >= 4 is 11.7 Å². The maximum atomic E-state index is 12.9. The Morgan fingerprint density at radius 3 is 2.54 bits per heavy atom. The number of hydrogen-bond donors (Lipinski definition) is 0. The Kier molecular flexibility index (Phi) is 6.03. The zero-order chi connectivity index (χ0) is 20.1. The number of alkyl halides is 3. The third-order valence-electron chi connectivity index (χ3n) is 4.25. The summed E-state index contributed by atoms with van der Waals surface area (Å²) in [5, 5.41) is 0. The molecule has 0 N–H and O–H groups in total. The molecule has 6 nitrogen and oxygen atoms in total. The molecule has 1 aromatic carbocycles. The minimum Gasteiger partial charge on any atom is -0.406 e.